The van der Waals surface area contributed by atoms with Gasteiger partial charge in [0.2, 0.25) is 0 Å². The van der Waals surface area contributed by atoms with E-state index in [4.69, 9.17) is 21.3 Å². The van der Waals surface area contributed by atoms with Gasteiger partial charge in [0.15, 0.2) is 0 Å². The average molecular weight is 358 g/mol. The van der Waals surface area contributed by atoms with Gasteiger partial charge >= 0.3 is 0 Å². The first-order valence-corrected chi connectivity index (χ1v) is 8.17. The topological polar surface area (TPSA) is 27.1 Å². The molecular formula is C15H18BrClN2O. The van der Waals surface area contributed by atoms with Crippen molar-refractivity contribution >= 4 is 38.6 Å². The Balaban J connectivity index is 2.10. The van der Waals surface area contributed by atoms with Gasteiger partial charge in [0.1, 0.15) is 5.82 Å². The zero-order valence-corrected chi connectivity index (χ0v) is 14.0. The highest BCUT2D eigenvalue weighted by Gasteiger charge is 2.29. The summed E-state index contributed by atoms with van der Waals surface area (Å²) in [7, 11) is 1.79. The zero-order valence-electron chi connectivity index (χ0n) is 11.6. The van der Waals surface area contributed by atoms with E-state index >= 15 is 0 Å². The van der Waals surface area contributed by atoms with Crippen LogP contribution in [0.3, 0.4) is 0 Å². The molecule has 0 radical (unpaired) electrons. The Bertz CT molecular complexity index is 626. The number of aromatic nitrogens is 2. The van der Waals surface area contributed by atoms with E-state index in [0.29, 0.717) is 12.1 Å². The summed E-state index contributed by atoms with van der Waals surface area (Å²) in [6.45, 7) is 1.98. The molecule has 1 aromatic carbocycles. The van der Waals surface area contributed by atoms with E-state index in [1.54, 1.807) is 7.11 Å². The highest BCUT2D eigenvalue weighted by atomic mass is 79.9. The fraction of sp³-hybridized carbons (Fsp3) is 0.533. The predicted molar refractivity (Wildman–Crippen MR) is 85.4 cm³/mol. The number of hydrogen-bond acceptors (Lipinski definition) is 2. The van der Waals surface area contributed by atoms with Crippen LogP contribution in [0, 0.1) is 0 Å². The van der Waals surface area contributed by atoms with Gasteiger partial charge in [-0.2, -0.15) is 0 Å². The van der Waals surface area contributed by atoms with Gasteiger partial charge in [-0.15, -0.1) is 11.6 Å². The molecule has 1 aliphatic carbocycles. The summed E-state index contributed by atoms with van der Waals surface area (Å²) in [6.07, 6.45) is 3.62. The molecule has 1 aromatic heterocycles. The Morgan fingerprint density at radius 3 is 2.90 bits per heavy atom. The van der Waals surface area contributed by atoms with Gasteiger partial charge in [-0.25, -0.2) is 4.98 Å². The second-order valence-corrected chi connectivity index (χ2v) is 6.98. The molecule has 0 bridgehead atoms. The van der Waals surface area contributed by atoms with Crippen LogP contribution >= 0.6 is 27.5 Å². The van der Waals surface area contributed by atoms with Crippen LogP contribution in [-0.4, -0.2) is 22.8 Å². The van der Waals surface area contributed by atoms with E-state index in [0.717, 1.165) is 40.6 Å². The second kappa shape index (κ2) is 5.66. The minimum atomic E-state index is -0.0947. The van der Waals surface area contributed by atoms with Crippen molar-refractivity contribution in [1.29, 1.82) is 0 Å². The Hall–Kier alpha value is -0.580. The third-order valence-corrected chi connectivity index (χ3v) is 4.78. The molecule has 108 valence electrons. The number of rotatable bonds is 3. The van der Waals surface area contributed by atoms with Crippen molar-refractivity contribution in [3.8, 4) is 0 Å². The molecule has 1 fully saturated rings. The minimum Gasteiger partial charge on any atom is -0.381 e. The summed E-state index contributed by atoms with van der Waals surface area (Å²) in [5.74, 6) is 0.960. The number of ether oxygens (including phenoxy) is 1. The van der Waals surface area contributed by atoms with Crippen molar-refractivity contribution in [3.05, 3.63) is 28.5 Å². The van der Waals surface area contributed by atoms with Crippen LogP contribution in [0.5, 0.6) is 0 Å². The normalized spacial score (nSPS) is 24.4. The Kier molecular flexibility index (Phi) is 4.07. The van der Waals surface area contributed by atoms with Crippen LogP contribution in [0.4, 0.5) is 0 Å². The molecule has 0 amide bonds. The SMILES string of the molecule is COC1CCC(n2c(C(C)Cl)nc3cc(Br)ccc32)C1. The number of hydrogen-bond donors (Lipinski definition) is 0. The highest BCUT2D eigenvalue weighted by Crippen LogP contribution is 2.37. The number of fused-ring (bicyclic) bond motifs is 1. The van der Waals surface area contributed by atoms with Crippen molar-refractivity contribution < 1.29 is 4.74 Å². The van der Waals surface area contributed by atoms with E-state index in [1.165, 1.54) is 0 Å². The smallest absolute Gasteiger partial charge is 0.127 e. The lowest BCUT2D eigenvalue weighted by Gasteiger charge is -2.18. The molecule has 0 spiro atoms. The van der Waals surface area contributed by atoms with E-state index in [2.05, 4.69) is 38.7 Å². The van der Waals surface area contributed by atoms with Crippen molar-refractivity contribution in [2.75, 3.05) is 7.11 Å². The molecule has 1 aliphatic rings. The van der Waals surface area contributed by atoms with Crippen molar-refractivity contribution in [1.82, 2.24) is 9.55 Å². The zero-order chi connectivity index (χ0) is 14.3. The van der Waals surface area contributed by atoms with Gasteiger partial charge in [0, 0.05) is 17.6 Å². The Morgan fingerprint density at radius 2 is 2.25 bits per heavy atom. The van der Waals surface area contributed by atoms with Crippen molar-refractivity contribution in [2.45, 2.75) is 43.7 Å². The Labute approximate surface area is 132 Å². The third-order valence-electron chi connectivity index (χ3n) is 4.09. The molecule has 2 aromatic rings. The van der Waals surface area contributed by atoms with Gasteiger partial charge in [-0.05, 0) is 44.4 Å². The largest absolute Gasteiger partial charge is 0.381 e. The molecular weight excluding hydrogens is 340 g/mol. The Morgan fingerprint density at radius 1 is 1.45 bits per heavy atom. The second-order valence-electron chi connectivity index (χ2n) is 5.41. The summed E-state index contributed by atoms with van der Waals surface area (Å²) in [5.41, 5.74) is 2.17. The summed E-state index contributed by atoms with van der Waals surface area (Å²) >= 11 is 9.85. The molecule has 20 heavy (non-hydrogen) atoms. The molecule has 5 heteroatoms. The van der Waals surface area contributed by atoms with Gasteiger partial charge < -0.3 is 9.30 Å². The van der Waals surface area contributed by atoms with Crippen LogP contribution in [0.1, 0.15) is 43.4 Å². The number of nitrogens with zero attached hydrogens (tertiary/aromatic N) is 2. The number of methoxy groups -OCH3 is 1. The van der Waals surface area contributed by atoms with E-state index in [9.17, 15) is 0 Å². The lowest BCUT2D eigenvalue weighted by molar-refractivity contribution is 0.106. The third kappa shape index (κ3) is 2.49. The van der Waals surface area contributed by atoms with Crippen molar-refractivity contribution in [3.63, 3.8) is 0 Å². The number of benzene rings is 1. The molecule has 1 heterocycles. The standard InChI is InChI=1S/C15H18BrClN2O/c1-9(17)15-18-13-7-10(16)3-6-14(13)19(15)11-4-5-12(8-11)20-2/h3,6-7,9,11-12H,4-5,8H2,1-2H3. The minimum absolute atomic E-state index is 0.0947. The summed E-state index contributed by atoms with van der Waals surface area (Å²) < 4.78 is 8.86. The molecule has 0 saturated heterocycles. The molecule has 3 atom stereocenters. The first-order valence-electron chi connectivity index (χ1n) is 6.94. The van der Waals surface area contributed by atoms with Crippen molar-refractivity contribution in [2.24, 2.45) is 0 Å². The molecule has 3 unspecified atom stereocenters. The predicted octanol–water partition coefficient (Wildman–Crippen LogP) is 4.84. The molecule has 0 aliphatic heterocycles. The van der Waals surface area contributed by atoms with E-state index in [1.807, 2.05) is 6.92 Å². The molecule has 0 N–H and O–H groups in total. The highest BCUT2D eigenvalue weighted by molar-refractivity contribution is 9.10. The molecule has 1 saturated carbocycles. The van der Waals surface area contributed by atoms with Gasteiger partial charge in [-0.1, -0.05) is 15.9 Å². The van der Waals surface area contributed by atoms with Crippen LogP contribution in [-0.2, 0) is 4.74 Å². The van der Waals surface area contributed by atoms with Gasteiger partial charge in [-0.3, -0.25) is 0 Å². The molecule has 3 rings (SSSR count). The van der Waals surface area contributed by atoms with Crippen LogP contribution in [0.25, 0.3) is 11.0 Å². The monoisotopic (exact) mass is 356 g/mol. The van der Waals surface area contributed by atoms with Crippen LogP contribution in [0.2, 0.25) is 0 Å². The van der Waals surface area contributed by atoms with Crippen LogP contribution in [0.15, 0.2) is 22.7 Å². The maximum absolute atomic E-state index is 6.34. The van der Waals surface area contributed by atoms with E-state index in [-0.39, 0.29) is 5.38 Å². The quantitative estimate of drug-likeness (QED) is 0.735. The molecule has 3 nitrogen and oxygen atoms in total. The maximum Gasteiger partial charge on any atom is 0.127 e. The lowest BCUT2D eigenvalue weighted by Crippen LogP contribution is -2.12. The first kappa shape index (κ1) is 14.4. The number of alkyl halides is 1. The summed E-state index contributed by atoms with van der Waals surface area (Å²) in [6, 6.07) is 6.67. The average Bonchev–Trinajstić information content (AvgIpc) is 3.00. The fourth-order valence-corrected chi connectivity index (χ4v) is 3.62. The van der Waals surface area contributed by atoms with E-state index < -0.39 is 0 Å². The number of imidazole rings is 1. The maximum atomic E-state index is 6.34. The lowest BCUT2D eigenvalue weighted by atomic mass is 10.2. The summed E-state index contributed by atoms with van der Waals surface area (Å²) in [4.78, 5) is 4.73. The van der Waals surface area contributed by atoms with Gasteiger partial charge in [0.05, 0.1) is 22.5 Å². The van der Waals surface area contributed by atoms with Crippen LogP contribution < -0.4 is 0 Å². The fourth-order valence-electron chi connectivity index (χ4n) is 3.12. The first-order chi connectivity index (χ1) is 9.60. The van der Waals surface area contributed by atoms with Gasteiger partial charge in [0.25, 0.3) is 0 Å². The summed E-state index contributed by atoms with van der Waals surface area (Å²) in [5, 5.41) is -0.0947. The number of halogens is 2.